The molecule has 2 heterocycles. The van der Waals surface area contributed by atoms with Crippen molar-refractivity contribution in [3.05, 3.63) is 36.4 Å². The van der Waals surface area contributed by atoms with Gasteiger partial charge in [-0.05, 0) is 69.0 Å². The van der Waals surface area contributed by atoms with Crippen LogP contribution in [0.3, 0.4) is 0 Å². The summed E-state index contributed by atoms with van der Waals surface area (Å²) in [6.45, 7) is 7.98. The molecule has 0 radical (unpaired) electrons. The maximum absolute atomic E-state index is 12.5. The highest BCUT2D eigenvalue weighted by atomic mass is 32.2. The van der Waals surface area contributed by atoms with E-state index < -0.39 is 10.0 Å². The highest BCUT2D eigenvalue weighted by molar-refractivity contribution is 7.92. The summed E-state index contributed by atoms with van der Waals surface area (Å²) < 4.78 is 33.1. The Morgan fingerprint density at radius 3 is 2.30 bits per heavy atom. The fraction of sp³-hybridized carbons (Fsp3) is 0.474. The van der Waals surface area contributed by atoms with E-state index in [4.69, 9.17) is 4.74 Å². The van der Waals surface area contributed by atoms with Gasteiger partial charge in [-0.1, -0.05) is 6.92 Å². The lowest BCUT2D eigenvalue weighted by Crippen LogP contribution is -2.33. The van der Waals surface area contributed by atoms with Gasteiger partial charge in [-0.3, -0.25) is 4.72 Å². The van der Waals surface area contributed by atoms with Crippen molar-refractivity contribution in [3.63, 3.8) is 0 Å². The minimum absolute atomic E-state index is 0.0301. The topological polar surface area (TPSA) is 84.4 Å². The largest absolute Gasteiger partial charge is 0.491 e. The molecule has 8 heteroatoms. The molecule has 0 amide bonds. The molecule has 27 heavy (non-hydrogen) atoms. The highest BCUT2D eigenvalue weighted by Crippen LogP contribution is 2.22. The van der Waals surface area contributed by atoms with Crippen LogP contribution in [-0.2, 0) is 10.0 Å². The number of anilines is 2. The van der Waals surface area contributed by atoms with E-state index in [1.807, 2.05) is 13.8 Å². The molecule has 1 N–H and O–H groups in total. The zero-order valence-corrected chi connectivity index (χ0v) is 16.7. The first-order valence-corrected chi connectivity index (χ1v) is 10.7. The molecule has 1 aliphatic heterocycles. The summed E-state index contributed by atoms with van der Waals surface area (Å²) in [4.78, 5) is 2.33. The molecule has 0 bridgehead atoms. The van der Waals surface area contributed by atoms with Gasteiger partial charge in [0.2, 0.25) is 0 Å². The number of hydrogen-bond acceptors (Lipinski definition) is 6. The van der Waals surface area contributed by atoms with Crippen molar-refractivity contribution in [2.24, 2.45) is 5.92 Å². The molecular formula is C19H26N4O3S. The van der Waals surface area contributed by atoms with Crippen molar-refractivity contribution < 1.29 is 13.2 Å². The molecule has 1 aliphatic rings. The van der Waals surface area contributed by atoms with Crippen LogP contribution >= 0.6 is 0 Å². The Morgan fingerprint density at radius 2 is 1.74 bits per heavy atom. The molecule has 2 aromatic rings. The van der Waals surface area contributed by atoms with Crippen LogP contribution in [0.4, 0.5) is 11.6 Å². The third-order valence-corrected chi connectivity index (χ3v) is 5.87. The number of rotatable bonds is 6. The van der Waals surface area contributed by atoms with E-state index in [1.165, 1.54) is 12.1 Å². The average Bonchev–Trinajstić information content (AvgIpc) is 2.63. The van der Waals surface area contributed by atoms with Crippen molar-refractivity contribution in [2.75, 3.05) is 22.7 Å². The number of nitrogens with zero attached hydrogens (tertiary/aromatic N) is 3. The fourth-order valence-electron chi connectivity index (χ4n) is 2.95. The quantitative estimate of drug-likeness (QED) is 0.815. The van der Waals surface area contributed by atoms with Crippen molar-refractivity contribution in [1.29, 1.82) is 0 Å². The number of benzene rings is 1. The predicted octanol–water partition coefficient (Wildman–Crippen LogP) is 3.30. The summed E-state index contributed by atoms with van der Waals surface area (Å²) in [5.41, 5.74) is 0. The molecule has 1 saturated heterocycles. The Balaban J connectivity index is 1.66. The maximum atomic E-state index is 12.5. The van der Waals surface area contributed by atoms with Gasteiger partial charge < -0.3 is 9.64 Å². The highest BCUT2D eigenvalue weighted by Gasteiger charge is 2.19. The number of ether oxygens (including phenoxy) is 1. The third-order valence-electron chi connectivity index (χ3n) is 4.50. The number of sulfonamides is 1. The van der Waals surface area contributed by atoms with E-state index in [1.54, 1.807) is 24.3 Å². The van der Waals surface area contributed by atoms with E-state index in [2.05, 4.69) is 26.7 Å². The van der Waals surface area contributed by atoms with Crippen LogP contribution in [0.2, 0.25) is 0 Å². The molecule has 0 saturated carbocycles. The van der Waals surface area contributed by atoms with Crippen molar-refractivity contribution >= 4 is 21.7 Å². The lowest BCUT2D eigenvalue weighted by molar-refractivity contribution is 0.242. The average molecular weight is 391 g/mol. The minimum atomic E-state index is -3.73. The van der Waals surface area contributed by atoms with Gasteiger partial charge in [0.1, 0.15) is 5.75 Å². The summed E-state index contributed by atoms with van der Waals surface area (Å²) in [7, 11) is -3.73. The first-order valence-electron chi connectivity index (χ1n) is 9.22. The van der Waals surface area contributed by atoms with E-state index in [0.717, 1.165) is 37.7 Å². The molecule has 0 atom stereocenters. The number of nitrogens with one attached hydrogen (secondary N) is 1. The first kappa shape index (κ1) is 19.4. The van der Waals surface area contributed by atoms with Crippen molar-refractivity contribution in [1.82, 2.24) is 10.2 Å². The summed E-state index contributed by atoms with van der Waals surface area (Å²) in [5, 5.41) is 8.21. The van der Waals surface area contributed by atoms with Crippen LogP contribution in [0.5, 0.6) is 5.75 Å². The lowest BCUT2D eigenvalue weighted by Gasteiger charge is -2.30. The molecule has 146 valence electrons. The van der Waals surface area contributed by atoms with Crippen LogP contribution < -0.4 is 14.4 Å². The number of piperidine rings is 1. The van der Waals surface area contributed by atoms with E-state index in [-0.39, 0.29) is 16.8 Å². The Kier molecular flexibility index (Phi) is 5.84. The van der Waals surface area contributed by atoms with Crippen LogP contribution in [0.1, 0.15) is 33.6 Å². The molecule has 7 nitrogen and oxygen atoms in total. The molecule has 3 rings (SSSR count). The molecule has 0 unspecified atom stereocenters. The molecule has 0 spiro atoms. The van der Waals surface area contributed by atoms with Gasteiger partial charge in [-0.2, -0.15) is 0 Å². The molecule has 1 aromatic carbocycles. The molecule has 1 fully saturated rings. The lowest BCUT2D eigenvalue weighted by atomic mass is 9.99. The second kappa shape index (κ2) is 8.12. The number of hydrogen-bond donors (Lipinski definition) is 1. The maximum Gasteiger partial charge on any atom is 0.263 e. The summed E-state index contributed by atoms with van der Waals surface area (Å²) >= 11 is 0. The standard InChI is InChI=1S/C19H26N4O3S/c1-14(2)26-16-4-6-17(7-5-16)27(24,25)22-18-8-9-19(21-20-18)23-12-10-15(3)11-13-23/h4-9,14-15H,10-13H2,1-3H3,(H,20,22). The van der Waals surface area contributed by atoms with E-state index >= 15 is 0 Å². The summed E-state index contributed by atoms with van der Waals surface area (Å²) in [5.74, 6) is 2.34. The minimum Gasteiger partial charge on any atom is -0.491 e. The van der Waals surface area contributed by atoms with Crippen LogP contribution in [0, 0.1) is 5.92 Å². The van der Waals surface area contributed by atoms with Gasteiger partial charge in [0, 0.05) is 13.1 Å². The summed E-state index contributed by atoms with van der Waals surface area (Å²) in [6, 6.07) is 9.75. The Bertz CT molecular complexity index is 844. The van der Waals surface area contributed by atoms with Gasteiger partial charge in [-0.25, -0.2) is 8.42 Å². The molecule has 0 aliphatic carbocycles. The third kappa shape index (κ3) is 5.09. The Morgan fingerprint density at radius 1 is 1.07 bits per heavy atom. The normalized spacial score (nSPS) is 15.8. The van der Waals surface area contributed by atoms with Gasteiger partial charge >= 0.3 is 0 Å². The second-order valence-electron chi connectivity index (χ2n) is 7.19. The zero-order valence-electron chi connectivity index (χ0n) is 15.9. The Hall–Kier alpha value is -2.35. The van der Waals surface area contributed by atoms with E-state index in [0.29, 0.717) is 5.75 Å². The summed E-state index contributed by atoms with van der Waals surface area (Å²) in [6.07, 6.45) is 2.29. The molecule has 1 aromatic heterocycles. The fourth-order valence-corrected chi connectivity index (χ4v) is 3.95. The second-order valence-corrected chi connectivity index (χ2v) is 8.87. The zero-order chi connectivity index (χ0) is 19.4. The number of aromatic nitrogens is 2. The van der Waals surface area contributed by atoms with Crippen LogP contribution in [-0.4, -0.2) is 37.8 Å². The van der Waals surface area contributed by atoms with Crippen LogP contribution in [0.15, 0.2) is 41.3 Å². The van der Waals surface area contributed by atoms with Crippen LogP contribution in [0.25, 0.3) is 0 Å². The van der Waals surface area contributed by atoms with Crippen molar-refractivity contribution in [3.8, 4) is 5.75 Å². The van der Waals surface area contributed by atoms with Gasteiger partial charge in [0.05, 0.1) is 11.0 Å². The smallest absolute Gasteiger partial charge is 0.263 e. The first-order chi connectivity index (χ1) is 12.8. The van der Waals surface area contributed by atoms with E-state index in [9.17, 15) is 8.42 Å². The van der Waals surface area contributed by atoms with Gasteiger partial charge in [-0.15, -0.1) is 10.2 Å². The van der Waals surface area contributed by atoms with Gasteiger partial charge in [0.25, 0.3) is 10.0 Å². The van der Waals surface area contributed by atoms with Crippen molar-refractivity contribution in [2.45, 2.75) is 44.6 Å². The molecular weight excluding hydrogens is 364 g/mol. The predicted molar refractivity (Wildman–Crippen MR) is 106 cm³/mol. The Labute approximate surface area is 160 Å². The van der Waals surface area contributed by atoms with Gasteiger partial charge in [0.15, 0.2) is 11.6 Å². The monoisotopic (exact) mass is 390 g/mol. The SMILES string of the molecule is CC1CCN(c2ccc(NS(=O)(=O)c3ccc(OC(C)C)cc3)nn2)CC1.